The second-order valence-electron chi connectivity index (χ2n) is 6.23. The average molecular weight is 259 g/mol. The van der Waals surface area contributed by atoms with E-state index >= 15 is 0 Å². The smallest absolute Gasteiger partial charge is 0.150 e. The van der Waals surface area contributed by atoms with Crippen LogP contribution in [0.3, 0.4) is 0 Å². The van der Waals surface area contributed by atoms with Crippen molar-refractivity contribution in [3.63, 3.8) is 0 Å². The van der Waals surface area contributed by atoms with Gasteiger partial charge in [0.05, 0.1) is 5.25 Å². The molecule has 0 saturated heterocycles. The van der Waals surface area contributed by atoms with E-state index in [1.54, 1.807) is 0 Å². The molecule has 2 aliphatic carbocycles. The van der Waals surface area contributed by atoms with Crippen LogP contribution < -0.4 is 5.32 Å². The number of hydrogen-bond donors (Lipinski definition) is 1. The minimum Gasteiger partial charge on any atom is -0.309 e. The van der Waals surface area contributed by atoms with E-state index in [9.17, 15) is 8.42 Å². The summed E-state index contributed by atoms with van der Waals surface area (Å²) in [6, 6.07) is 0.409. The monoisotopic (exact) mass is 259 g/mol. The molecular formula is C13H25NO2S. The van der Waals surface area contributed by atoms with Gasteiger partial charge in [-0.1, -0.05) is 19.3 Å². The van der Waals surface area contributed by atoms with Crippen LogP contribution in [-0.2, 0) is 9.84 Å². The van der Waals surface area contributed by atoms with Crippen molar-refractivity contribution in [2.75, 3.05) is 6.26 Å². The summed E-state index contributed by atoms with van der Waals surface area (Å²) in [6.07, 6.45) is 10.4. The minimum atomic E-state index is -2.85. The van der Waals surface area contributed by atoms with Crippen molar-refractivity contribution in [1.82, 2.24) is 5.32 Å². The molecule has 0 heterocycles. The lowest BCUT2D eigenvalue weighted by Gasteiger charge is -2.36. The Kier molecular flexibility index (Phi) is 3.83. The summed E-state index contributed by atoms with van der Waals surface area (Å²) >= 11 is 0. The fourth-order valence-electron chi connectivity index (χ4n) is 3.46. The normalized spacial score (nSPS) is 33.8. The molecular weight excluding hydrogens is 234 g/mol. The van der Waals surface area contributed by atoms with Gasteiger partial charge >= 0.3 is 0 Å². The van der Waals surface area contributed by atoms with E-state index in [-0.39, 0.29) is 10.8 Å². The van der Waals surface area contributed by atoms with Gasteiger partial charge < -0.3 is 5.32 Å². The van der Waals surface area contributed by atoms with E-state index in [0.29, 0.717) is 6.04 Å². The summed E-state index contributed by atoms with van der Waals surface area (Å²) in [5.41, 5.74) is 0.268. The average Bonchev–Trinajstić information content (AvgIpc) is 2.64. The highest BCUT2D eigenvalue weighted by atomic mass is 32.2. The van der Waals surface area contributed by atoms with Crippen molar-refractivity contribution in [2.45, 2.75) is 75.1 Å². The first-order valence-electron chi connectivity index (χ1n) is 6.86. The molecule has 0 aromatic rings. The molecule has 0 radical (unpaired) electrons. The molecule has 0 aromatic carbocycles. The molecule has 17 heavy (non-hydrogen) atoms. The van der Waals surface area contributed by atoms with Gasteiger partial charge in [-0.3, -0.25) is 0 Å². The van der Waals surface area contributed by atoms with E-state index in [4.69, 9.17) is 0 Å². The van der Waals surface area contributed by atoms with E-state index in [2.05, 4.69) is 12.2 Å². The summed E-state index contributed by atoms with van der Waals surface area (Å²) in [6.45, 7) is 2.30. The quantitative estimate of drug-likeness (QED) is 0.845. The van der Waals surface area contributed by atoms with Crippen LogP contribution in [-0.4, -0.2) is 31.5 Å². The topological polar surface area (TPSA) is 46.2 Å². The third-order valence-electron chi connectivity index (χ3n) is 4.49. The van der Waals surface area contributed by atoms with Crippen LogP contribution in [0.4, 0.5) is 0 Å². The molecule has 2 rings (SSSR count). The first-order chi connectivity index (χ1) is 7.89. The van der Waals surface area contributed by atoms with Gasteiger partial charge in [0.1, 0.15) is 9.84 Å². The molecule has 0 aliphatic heterocycles. The lowest BCUT2D eigenvalue weighted by molar-refractivity contribution is 0.268. The van der Waals surface area contributed by atoms with E-state index in [1.807, 2.05) is 0 Å². The molecule has 100 valence electrons. The van der Waals surface area contributed by atoms with Crippen LogP contribution in [0.25, 0.3) is 0 Å². The molecule has 2 atom stereocenters. The number of hydrogen-bond acceptors (Lipinski definition) is 3. The Labute approximate surface area is 105 Å². The molecule has 1 N–H and O–H groups in total. The van der Waals surface area contributed by atoms with Gasteiger partial charge in [-0.15, -0.1) is 0 Å². The van der Waals surface area contributed by atoms with Gasteiger partial charge in [0.25, 0.3) is 0 Å². The maximum absolute atomic E-state index is 11.6. The molecule has 2 fully saturated rings. The molecule has 0 amide bonds. The number of sulfone groups is 1. The van der Waals surface area contributed by atoms with Crippen molar-refractivity contribution >= 4 is 9.84 Å². The Balaban J connectivity index is 1.94. The highest BCUT2D eigenvalue weighted by molar-refractivity contribution is 7.91. The Morgan fingerprint density at radius 1 is 1.12 bits per heavy atom. The van der Waals surface area contributed by atoms with Crippen molar-refractivity contribution < 1.29 is 8.42 Å². The highest BCUT2D eigenvalue weighted by Crippen LogP contribution is 2.32. The van der Waals surface area contributed by atoms with E-state index in [1.165, 1.54) is 31.9 Å². The number of nitrogens with one attached hydrogen (secondary N) is 1. The van der Waals surface area contributed by atoms with Crippen molar-refractivity contribution in [1.29, 1.82) is 0 Å². The van der Waals surface area contributed by atoms with Gasteiger partial charge in [-0.05, 0) is 39.0 Å². The molecule has 2 unspecified atom stereocenters. The van der Waals surface area contributed by atoms with Crippen LogP contribution in [0.15, 0.2) is 0 Å². The Bertz CT molecular complexity index is 358. The summed E-state index contributed by atoms with van der Waals surface area (Å²) in [7, 11) is -2.85. The summed E-state index contributed by atoms with van der Waals surface area (Å²) in [5, 5.41) is 3.62. The SMILES string of the molecule is CC1(NC2CCCC(S(C)(=O)=O)C2)CCCC1. The summed E-state index contributed by atoms with van der Waals surface area (Å²) < 4.78 is 23.2. The lowest BCUT2D eigenvalue weighted by atomic mass is 9.91. The van der Waals surface area contributed by atoms with Crippen molar-refractivity contribution in [2.24, 2.45) is 0 Å². The molecule has 4 heteroatoms. The van der Waals surface area contributed by atoms with Crippen LogP contribution >= 0.6 is 0 Å². The zero-order valence-electron chi connectivity index (χ0n) is 11.0. The number of rotatable bonds is 3. The molecule has 0 spiro atoms. The fourth-order valence-corrected chi connectivity index (χ4v) is 4.63. The lowest BCUT2D eigenvalue weighted by Crippen LogP contribution is -2.49. The Morgan fingerprint density at radius 2 is 1.76 bits per heavy atom. The van der Waals surface area contributed by atoms with Gasteiger partial charge in [-0.2, -0.15) is 0 Å². The van der Waals surface area contributed by atoms with Gasteiger partial charge in [0.2, 0.25) is 0 Å². The molecule has 0 bridgehead atoms. The maximum atomic E-state index is 11.6. The third-order valence-corrected chi connectivity index (χ3v) is 6.13. The second-order valence-corrected chi connectivity index (χ2v) is 8.55. The first kappa shape index (κ1) is 13.3. The van der Waals surface area contributed by atoms with E-state index in [0.717, 1.165) is 25.7 Å². The van der Waals surface area contributed by atoms with Gasteiger partial charge in [-0.25, -0.2) is 8.42 Å². The molecule has 2 saturated carbocycles. The van der Waals surface area contributed by atoms with E-state index < -0.39 is 9.84 Å². The third kappa shape index (κ3) is 3.44. The van der Waals surface area contributed by atoms with Crippen LogP contribution in [0.1, 0.15) is 58.3 Å². The summed E-state index contributed by atoms with van der Waals surface area (Å²) in [4.78, 5) is 0. The first-order valence-corrected chi connectivity index (χ1v) is 8.81. The standard InChI is InChI=1S/C13H25NO2S/c1-13(8-3-4-9-13)14-11-6-5-7-12(10-11)17(2,15)16/h11-12,14H,3-10H2,1-2H3. The molecule has 3 nitrogen and oxygen atoms in total. The molecule has 0 aromatic heterocycles. The van der Waals surface area contributed by atoms with Crippen LogP contribution in [0, 0.1) is 0 Å². The van der Waals surface area contributed by atoms with Gasteiger partial charge in [0.15, 0.2) is 0 Å². The van der Waals surface area contributed by atoms with Crippen LogP contribution in [0.5, 0.6) is 0 Å². The highest BCUT2D eigenvalue weighted by Gasteiger charge is 2.34. The fraction of sp³-hybridized carbons (Fsp3) is 1.00. The van der Waals surface area contributed by atoms with Crippen molar-refractivity contribution in [3.8, 4) is 0 Å². The summed E-state index contributed by atoms with van der Waals surface area (Å²) in [5.74, 6) is 0. The predicted octanol–water partition coefficient (Wildman–Crippen LogP) is 2.26. The van der Waals surface area contributed by atoms with Crippen LogP contribution in [0.2, 0.25) is 0 Å². The van der Waals surface area contributed by atoms with Crippen molar-refractivity contribution in [3.05, 3.63) is 0 Å². The second kappa shape index (κ2) is 4.88. The Hall–Kier alpha value is -0.0900. The Morgan fingerprint density at radius 3 is 2.35 bits per heavy atom. The largest absolute Gasteiger partial charge is 0.309 e. The predicted molar refractivity (Wildman–Crippen MR) is 70.9 cm³/mol. The zero-order chi connectivity index (χ0) is 12.5. The minimum absolute atomic E-state index is 0.112. The van der Waals surface area contributed by atoms with Gasteiger partial charge in [0, 0.05) is 17.8 Å². The zero-order valence-corrected chi connectivity index (χ0v) is 11.9. The maximum Gasteiger partial charge on any atom is 0.150 e. The molecule has 2 aliphatic rings.